The highest BCUT2D eigenvalue weighted by Crippen LogP contribution is 2.40. The Hall–Kier alpha value is -11.4. The Kier molecular flexibility index (Phi) is 27.2. The van der Waals surface area contributed by atoms with Crippen molar-refractivity contribution in [3.05, 3.63) is 287 Å². The summed E-state index contributed by atoms with van der Waals surface area (Å²) in [5.74, 6) is -11.9. The molecule has 3 aliphatic rings. The third-order valence-corrected chi connectivity index (χ3v) is 17.4. The standard InChI is InChI=1S/C80H68Cl3NO26/c1-46(85)98-59-58(45-97-76-65(107-74(93)54-39-23-9-24-40-54)62(105-72(91)52-35-19-7-20-36-52)60(103-70(89)50-31-15-5-16-32-50)56(100-76)43-95-68(87)48-27-11-3-12-28-48)102-78(110-79(84)80(81,82)83)66(99-47(2)86)64(59)109-77-67(108-75(94)55-41-25-10-26-42-55)63(106-73(92)53-37-21-8-22-38-53)61(104-71(90)51-33-17-6-18-34-51)57(101-77)44-96-69(88)49-29-13-4-14-30-49/h3-42,56-67,76-78,84H,43-45H2,1-2H3/t56-,57-,58-,59-,60-,61-,62+,63+,64+,65-,66-,67-,76-,77+,78-/m1/s1. The average molecular weight is 1570 g/mol. The van der Waals surface area contributed by atoms with Crippen molar-refractivity contribution in [1.82, 2.24) is 0 Å². The highest BCUT2D eigenvalue weighted by molar-refractivity contribution is 6.76. The minimum Gasteiger partial charge on any atom is -0.459 e. The third kappa shape index (κ3) is 20.9. The fraction of sp³-hybridized carbons (Fsp3) is 0.263. The van der Waals surface area contributed by atoms with E-state index in [2.05, 4.69) is 0 Å². The number of alkyl halides is 3. The number of ether oxygens (including phenoxy) is 16. The van der Waals surface area contributed by atoms with Gasteiger partial charge in [0.1, 0.15) is 37.6 Å². The van der Waals surface area contributed by atoms with Crippen LogP contribution in [0.1, 0.15) is 96.7 Å². The van der Waals surface area contributed by atoms with Gasteiger partial charge in [0.2, 0.25) is 12.2 Å². The molecule has 3 fully saturated rings. The number of nitrogens with one attached hydrogen (secondary N) is 1. The molecular formula is C80H68Cl3NO26. The summed E-state index contributed by atoms with van der Waals surface area (Å²) in [6.07, 6.45) is -31.2. The predicted octanol–water partition coefficient (Wildman–Crippen LogP) is 10.9. The van der Waals surface area contributed by atoms with Crippen molar-refractivity contribution in [2.45, 2.75) is 110 Å². The molecule has 15 atom stereocenters. The van der Waals surface area contributed by atoms with Crippen LogP contribution in [0.3, 0.4) is 0 Å². The Labute approximate surface area is 643 Å². The van der Waals surface area contributed by atoms with Gasteiger partial charge in [-0.1, -0.05) is 180 Å². The van der Waals surface area contributed by atoms with Gasteiger partial charge in [-0.05, 0) is 97.1 Å². The first-order valence-corrected chi connectivity index (χ1v) is 35.1. The van der Waals surface area contributed by atoms with Crippen LogP contribution < -0.4 is 0 Å². The molecule has 3 heterocycles. The van der Waals surface area contributed by atoms with Gasteiger partial charge in [-0.3, -0.25) is 15.0 Å². The molecule has 8 aromatic carbocycles. The zero-order valence-electron chi connectivity index (χ0n) is 58.1. The molecule has 0 aliphatic carbocycles. The van der Waals surface area contributed by atoms with Crippen molar-refractivity contribution in [3.8, 4) is 0 Å². The first-order chi connectivity index (χ1) is 53.1. The third-order valence-electron chi connectivity index (χ3n) is 16.9. The summed E-state index contributed by atoms with van der Waals surface area (Å²) in [6, 6.07) is 59.8. The highest BCUT2D eigenvalue weighted by Gasteiger charge is 2.60. The molecule has 0 saturated carbocycles. The lowest BCUT2D eigenvalue weighted by Gasteiger charge is -2.49. The summed E-state index contributed by atoms with van der Waals surface area (Å²) in [5, 5.41) is 8.90. The van der Waals surface area contributed by atoms with E-state index in [-0.39, 0.29) is 44.5 Å². The molecule has 0 spiro atoms. The van der Waals surface area contributed by atoms with Gasteiger partial charge in [0.15, 0.2) is 61.4 Å². The number of halogens is 3. The lowest BCUT2D eigenvalue weighted by Crippen LogP contribution is -2.68. The van der Waals surface area contributed by atoms with Gasteiger partial charge in [0, 0.05) is 13.8 Å². The van der Waals surface area contributed by atoms with E-state index in [1.807, 2.05) is 0 Å². The van der Waals surface area contributed by atoms with Crippen LogP contribution in [-0.2, 0) is 85.4 Å². The van der Waals surface area contributed by atoms with Crippen LogP contribution in [0.5, 0.6) is 0 Å². The average Bonchev–Trinajstić information content (AvgIpc) is 0.763. The van der Waals surface area contributed by atoms with Crippen molar-refractivity contribution >= 4 is 100 Å². The first-order valence-electron chi connectivity index (χ1n) is 34.0. The number of hydrogen-bond acceptors (Lipinski definition) is 27. The maximum Gasteiger partial charge on any atom is 0.338 e. The second-order valence-corrected chi connectivity index (χ2v) is 26.8. The van der Waals surface area contributed by atoms with Gasteiger partial charge in [-0.15, -0.1) is 0 Å². The van der Waals surface area contributed by atoms with E-state index in [9.17, 15) is 47.9 Å². The van der Waals surface area contributed by atoms with Crippen molar-refractivity contribution in [2.24, 2.45) is 0 Å². The van der Waals surface area contributed by atoms with Gasteiger partial charge < -0.3 is 75.8 Å². The zero-order chi connectivity index (χ0) is 77.8. The Bertz CT molecular complexity index is 4500. The molecule has 3 saturated heterocycles. The van der Waals surface area contributed by atoms with Gasteiger partial charge in [-0.25, -0.2) is 38.4 Å². The molecule has 0 aromatic heterocycles. The Morgan fingerprint density at radius 2 is 0.527 bits per heavy atom. The molecule has 0 radical (unpaired) electrons. The van der Waals surface area contributed by atoms with Crippen molar-refractivity contribution in [3.63, 3.8) is 0 Å². The second kappa shape index (κ2) is 37.6. The van der Waals surface area contributed by atoms with E-state index >= 15 is 0 Å². The molecule has 27 nitrogen and oxygen atoms in total. The number of carbonyl (C=O) groups excluding carboxylic acids is 10. The number of esters is 10. The molecule has 3 aliphatic heterocycles. The van der Waals surface area contributed by atoms with Crippen LogP contribution >= 0.6 is 34.8 Å². The van der Waals surface area contributed by atoms with Crippen molar-refractivity contribution in [1.29, 1.82) is 5.41 Å². The molecule has 30 heteroatoms. The van der Waals surface area contributed by atoms with Crippen LogP contribution in [0, 0.1) is 5.41 Å². The molecular weight excluding hydrogens is 1500 g/mol. The first kappa shape index (κ1) is 79.6. The lowest BCUT2D eigenvalue weighted by atomic mass is 9.95. The van der Waals surface area contributed by atoms with Gasteiger partial charge in [0.05, 0.1) is 51.1 Å². The molecule has 8 aromatic rings. The number of benzene rings is 8. The van der Waals surface area contributed by atoms with Crippen LogP contribution in [0.15, 0.2) is 243 Å². The molecule has 11 rings (SSSR count). The highest BCUT2D eigenvalue weighted by atomic mass is 35.6. The summed E-state index contributed by atoms with van der Waals surface area (Å²) in [5.41, 5.74) is -0.356. The minimum atomic E-state index is -2.74. The van der Waals surface area contributed by atoms with Gasteiger partial charge in [-0.2, -0.15) is 0 Å². The zero-order valence-corrected chi connectivity index (χ0v) is 60.4. The lowest BCUT2D eigenvalue weighted by molar-refractivity contribution is -0.359. The molecule has 0 unspecified atom stereocenters. The minimum absolute atomic E-state index is 0.0254. The predicted molar refractivity (Wildman–Crippen MR) is 384 cm³/mol. The largest absolute Gasteiger partial charge is 0.459 e. The quantitative estimate of drug-likeness (QED) is 0.0173. The summed E-state index contributed by atoms with van der Waals surface area (Å²) in [7, 11) is 0. The summed E-state index contributed by atoms with van der Waals surface area (Å²) >= 11 is 18.8. The molecule has 0 bridgehead atoms. The summed E-state index contributed by atoms with van der Waals surface area (Å²) < 4.78 is 98.1. The molecule has 110 heavy (non-hydrogen) atoms. The van der Waals surface area contributed by atoms with E-state index in [4.69, 9.17) is 116 Å². The van der Waals surface area contributed by atoms with Crippen molar-refractivity contribution in [2.75, 3.05) is 19.8 Å². The van der Waals surface area contributed by atoms with E-state index in [0.717, 1.165) is 13.8 Å². The van der Waals surface area contributed by atoms with Crippen LogP contribution in [0.2, 0.25) is 0 Å². The summed E-state index contributed by atoms with van der Waals surface area (Å²) in [6.45, 7) is -0.932. The fourth-order valence-corrected chi connectivity index (χ4v) is 11.9. The van der Waals surface area contributed by atoms with E-state index in [1.165, 1.54) is 170 Å². The number of hydrogen-bond donors (Lipinski definition) is 1. The topological polar surface area (TPSA) is 342 Å². The normalized spacial score (nSPS) is 23.5. The van der Waals surface area contributed by atoms with E-state index < -0.39 is 181 Å². The summed E-state index contributed by atoms with van der Waals surface area (Å²) in [4.78, 5) is 143. The second-order valence-electron chi connectivity index (χ2n) is 24.5. The smallest absolute Gasteiger partial charge is 0.338 e. The van der Waals surface area contributed by atoms with Gasteiger partial charge in [0.25, 0.3) is 3.79 Å². The monoisotopic (exact) mass is 1560 g/mol. The molecule has 570 valence electrons. The van der Waals surface area contributed by atoms with Crippen LogP contribution in [0.4, 0.5) is 0 Å². The van der Waals surface area contributed by atoms with E-state index in [1.54, 1.807) is 72.8 Å². The van der Waals surface area contributed by atoms with Crippen LogP contribution in [0.25, 0.3) is 0 Å². The van der Waals surface area contributed by atoms with Crippen molar-refractivity contribution < 1.29 is 124 Å². The number of carbonyl (C=O) groups is 10. The molecule has 0 amide bonds. The Morgan fingerprint density at radius 3 is 0.836 bits per heavy atom. The Balaban J connectivity index is 1.05. The maximum absolute atomic E-state index is 14.8. The van der Waals surface area contributed by atoms with E-state index in [0.29, 0.717) is 0 Å². The number of rotatable bonds is 26. The SMILES string of the molecule is CC(=O)O[C@H]1[C@@H](OC(=N)C(Cl)(Cl)Cl)O[C@H](CO[C@@H]2O[C@H](COC(=O)c3ccccc3)[C@@H](OC(=O)c3ccccc3)[C@H](OC(=O)c3ccccc3)[C@H]2OC(=O)c2ccccc2)[C@@H](OC(C)=O)[C@@H]1O[C@@H]1O[C@H](COC(=O)c2ccccc2)[C@@H](OC(=O)c2ccccc2)[C@H](OC(=O)c2ccccc2)[C@H]1OC(=O)c1ccccc1. The Morgan fingerprint density at radius 1 is 0.291 bits per heavy atom. The maximum atomic E-state index is 14.8. The fourth-order valence-electron chi connectivity index (χ4n) is 11.7. The van der Waals surface area contributed by atoms with Crippen LogP contribution in [-0.4, -0.2) is 181 Å². The van der Waals surface area contributed by atoms with Gasteiger partial charge >= 0.3 is 59.7 Å². The molecule has 1 N–H and O–H groups in total.